The van der Waals surface area contributed by atoms with E-state index in [2.05, 4.69) is 4.99 Å². The first-order chi connectivity index (χ1) is 3.27. The van der Waals surface area contributed by atoms with E-state index in [9.17, 15) is 4.39 Å². The lowest BCUT2D eigenvalue weighted by molar-refractivity contribution is 0.637. The van der Waals surface area contributed by atoms with Crippen LogP contribution in [-0.4, -0.2) is 6.34 Å². The number of halogens is 1. The summed E-state index contributed by atoms with van der Waals surface area (Å²) in [6.07, 6.45) is 2.07. The number of nitrogens with zero attached hydrogens (tertiary/aromatic N) is 1. The Morgan fingerprint density at radius 1 is 1.86 bits per heavy atom. The van der Waals surface area contributed by atoms with Crippen LogP contribution in [0.1, 0.15) is 6.92 Å². The lowest BCUT2D eigenvalue weighted by atomic mass is 10.7. The molecule has 0 saturated heterocycles. The van der Waals surface area contributed by atoms with Gasteiger partial charge >= 0.3 is 0 Å². The normalized spacial score (nSPS) is 13.1. The zero-order valence-electron chi connectivity index (χ0n) is 4.06. The van der Waals surface area contributed by atoms with Gasteiger partial charge in [-0.05, 0) is 6.92 Å². The third kappa shape index (κ3) is 5.14. The molecule has 0 heterocycles. The third-order valence-electron chi connectivity index (χ3n) is 0.338. The Bertz CT molecular complexity index is 91.9. The average Bonchev–Trinajstić information content (AvgIpc) is 1.61. The van der Waals surface area contributed by atoms with Crippen LogP contribution in [0, 0.1) is 0 Å². The number of allylic oxidation sites excluding steroid dienone is 1. The van der Waals surface area contributed by atoms with E-state index in [0.717, 1.165) is 12.5 Å². The summed E-state index contributed by atoms with van der Waals surface area (Å²) in [5.74, 6) is -0.346. The fourth-order valence-electron chi connectivity index (χ4n) is 0.146. The molecule has 0 rings (SSSR count). The molecule has 0 aliphatic rings. The number of nitrogens with two attached hydrogens (primary N) is 1. The average molecular weight is 102 g/mol. The standard InChI is InChI=1S/C4H7FN2/c1-4(5)2-7-3-6/h2-3H,1H3,(H2,6,7)/b4-2-. The predicted molar refractivity (Wildman–Crippen MR) is 27.5 cm³/mol. The first kappa shape index (κ1) is 6.14. The third-order valence-corrected chi connectivity index (χ3v) is 0.338. The van der Waals surface area contributed by atoms with Gasteiger partial charge in [0.05, 0.1) is 12.5 Å². The smallest absolute Gasteiger partial charge is 0.115 e. The van der Waals surface area contributed by atoms with Gasteiger partial charge in [0.2, 0.25) is 0 Å². The fraction of sp³-hybridized carbons (Fsp3) is 0.250. The lowest BCUT2D eigenvalue weighted by Crippen LogP contribution is -1.85. The van der Waals surface area contributed by atoms with Crippen LogP contribution in [0.25, 0.3) is 0 Å². The van der Waals surface area contributed by atoms with Crippen LogP contribution < -0.4 is 5.73 Å². The molecule has 7 heavy (non-hydrogen) atoms. The van der Waals surface area contributed by atoms with Gasteiger partial charge in [0.1, 0.15) is 5.83 Å². The van der Waals surface area contributed by atoms with Crippen LogP contribution in [-0.2, 0) is 0 Å². The maximum absolute atomic E-state index is 11.6. The second kappa shape index (κ2) is 3.33. The van der Waals surface area contributed by atoms with E-state index in [1.54, 1.807) is 0 Å². The number of rotatable bonds is 1. The maximum atomic E-state index is 11.6. The molecule has 3 heteroatoms. The Labute approximate surface area is 41.5 Å². The summed E-state index contributed by atoms with van der Waals surface area (Å²) in [5.41, 5.74) is 4.77. The van der Waals surface area contributed by atoms with Crippen molar-refractivity contribution in [2.45, 2.75) is 6.92 Å². The van der Waals surface area contributed by atoms with E-state index in [-0.39, 0.29) is 5.83 Å². The van der Waals surface area contributed by atoms with Crippen molar-refractivity contribution >= 4 is 6.34 Å². The van der Waals surface area contributed by atoms with Crippen molar-refractivity contribution in [1.29, 1.82) is 0 Å². The largest absolute Gasteiger partial charge is 0.390 e. The highest BCUT2D eigenvalue weighted by Crippen LogP contribution is 1.89. The summed E-state index contributed by atoms with van der Waals surface area (Å²) in [5, 5.41) is 0. The van der Waals surface area contributed by atoms with Gasteiger partial charge in [0.15, 0.2) is 0 Å². The van der Waals surface area contributed by atoms with Gasteiger partial charge < -0.3 is 5.73 Å². The van der Waals surface area contributed by atoms with Crippen molar-refractivity contribution in [1.82, 2.24) is 0 Å². The molecule has 0 saturated carbocycles. The molecule has 0 aliphatic carbocycles. The summed E-state index contributed by atoms with van der Waals surface area (Å²) in [7, 11) is 0. The molecule has 40 valence electrons. The molecule has 0 amide bonds. The lowest BCUT2D eigenvalue weighted by Gasteiger charge is -1.73. The zero-order chi connectivity index (χ0) is 5.70. The molecular formula is C4H7FN2. The van der Waals surface area contributed by atoms with Crippen LogP contribution in [0.15, 0.2) is 17.0 Å². The Hall–Kier alpha value is -0.860. The van der Waals surface area contributed by atoms with E-state index in [0.29, 0.717) is 0 Å². The van der Waals surface area contributed by atoms with E-state index in [1.807, 2.05) is 0 Å². The summed E-state index contributed by atoms with van der Waals surface area (Å²) in [4.78, 5) is 3.29. The number of hydrogen-bond acceptors (Lipinski definition) is 1. The minimum Gasteiger partial charge on any atom is -0.390 e. The molecule has 0 unspecified atom stereocenters. The second-order valence-corrected chi connectivity index (χ2v) is 1.01. The zero-order valence-corrected chi connectivity index (χ0v) is 4.06. The quantitative estimate of drug-likeness (QED) is 0.386. The molecule has 2 nitrogen and oxygen atoms in total. The molecule has 0 fully saturated rings. The van der Waals surface area contributed by atoms with Gasteiger partial charge in [-0.15, -0.1) is 0 Å². The fourth-order valence-corrected chi connectivity index (χ4v) is 0.146. The van der Waals surface area contributed by atoms with Crippen LogP contribution in [0.4, 0.5) is 4.39 Å². The maximum Gasteiger partial charge on any atom is 0.115 e. The topological polar surface area (TPSA) is 38.4 Å². The summed E-state index contributed by atoms with van der Waals surface area (Å²) in [6, 6.07) is 0. The minimum atomic E-state index is -0.346. The van der Waals surface area contributed by atoms with Crippen LogP contribution in [0.3, 0.4) is 0 Å². The minimum absolute atomic E-state index is 0.346. The van der Waals surface area contributed by atoms with Crippen molar-refractivity contribution in [2.75, 3.05) is 0 Å². The molecule has 0 aliphatic heterocycles. The second-order valence-electron chi connectivity index (χ2n) is 1.01. The van der Waals surface area contributed by atoms with Crippen molar-refractivity contribution in [3.63, 3.8) is 0 Å². The molecule has 0 radical (unpaired) electrons. The molecule has 2 N–H and O–H groups in total. The molecule has 0 aromatic heterocycles. The molecule has 0 bridgehead atoms. The first-order valence-corrected chi connectivity index (χ1v) is 1.83. The Morgan fingerprint density at radius 2 is 2.43 bits per heavy atom. The van der Waals surface area contributed by atoms with Gasteiger partial charge in [-0.3, -0.25) is 0 Å². The molecular weight excluding hydrogens is 95.1 g/mol. The molecule has 0 aromatic carbocycles. The SMILES string of the molecule is C/C(F)=C/N=CN. The van der Waals surface area contributed by atoms with Gasteiger partial charge in [0, 0.05) is 0 Å². The Morgan fingerprint density at radius 3 is 2.57 bits per heavy atom. The van der Waals surface area contributed by atoms with Crippen LogP contribution >= 0.6 is 0 Å². The Kier molecular flexibility index (Phi) is 2.92. The van der Waals surface area contributed by atoms with Gasteiger partial charge in [-0.1, -0.05) is 0 Å². The highest BCUT2D eigenvalue weighted by molar-refractivity contribution is 5.52. The van der Waals surface area contributed by atoms with Crippen molar-refractivity contribution in [3.05, 3.63) is 12.0 Å². The number of aliphatic imine (C=N–C) groups is 1. The summed E-state index contributed by atoms with van der Waals surface area (Å²) < 4.78 is 11.6. The van der Waals surface area contributed by atoms with Crippen LogP contribution in [0.2, 0.25) is 0 Å². The van der Waals surface area contributed by atoms with E-state index < -0.39 is 0 Å². The van der Waals surface area contributed by atoms with E-state index in [4.69, 9.17) is 5.73 Å². The van der Waals surface area contributed by atoms with Gasteiger partial charge in [0.25, 0.3) is 0 Å². The van der Waals surface area contributed by atoms with E-state index >= 15 is 0 Å². The molecule has 0 atom stereocenters. The summed E-state index contributed by atoms with van der Waals surface area (Å²) in [6.45, 7) is 1.30. The van der Waals surface area contributed by atoms with Crippen LogP contribution in [0.5, 0.6) is 0 Å². The van der Waals surface area contributed by atoms with Gasteiger partial charge in [-0.2, -0.15) is 0 Å². The van der Waals surface area contributed by atoms with Crippen molar-refractivity contribution < 1.29 is 4.39 Å². The van der Waals surface area contributed by atoms with E-state index in [1.165, 1.54) is 6.92 Å². The first-order valence-electron chi connectivity index (χ1n) is 1.83. The predicted octanol–water partition coefficient (Wildman–Crippen LogP) is 0.804. The summed E-state index contributed by atoms with van der Waals surface area (Å²) >= 11 is 0. The van der Waals surface area contributed by atoms with Crippen molar-refractivity contribution in [2.24, 2.45) is 10.7 Å². The monoisotopic (exact) mass is 102 g/mol. The van der Waals surface area contributed by atoms with Gasteiger partial charge in [-0.25, -0.2) is 9.38 Å². The Balaban J connectivity index is 3.46. The molecule has 0 spiro atoms. The van der Waals surface area contributed by atoms with Crippen molar-refractivity contribution in [3.8, 4) is 0 Å². The highest BCUT2D eigenvalue weighted by atomic mass is 19.1. The highest BCUT2D eigenvalue weighted by Gasteiger charge is 1.72. The molecule has 0 aromatic rings. The number of hydrogen-bond donors (Lipinski definition) is 1.